The van der Waals surface area contributed by atoms with E-state index >= 15 is 0 Å². The van der Waals surface area contributed by atoms with Gasteiger partial charge < -0.3 is 9.84 Å². The van der Waals surface area contributed by atoms with Gasteiger partial charge in [-0.3, -0.25) is 4.79 Å². The number of methoxy groups -OCH3 is 1. The first kappa shape index (κ1) is 11.3. The van der Waals surface area contributed by atoms with Crippen LogP contribution in [-0.4, -0.2) is 29.6 Å². The highest BCUT2D eigenvalue weighted by Gasteiger charge is 2.51. The molecule has 1 aromatic carbocycles. The second-order valence-corrected chi connectivity index (χ2v) is 4.57. The van der Waals surface area contributed by atoms with Crippen molar-refractivity contribution in [2.45, 2.75) is 12.0 Å². The maximum atomic E-state index is 11.9. The Morgan fingerprint density at radius 2 is 2.25 bits per heavy atom. The van der Waals surface area contributed by atoms with Crippen LogP contribution in [0.5, 0.6) is 0 Å². The Hall–Kier alpha value is -1.20. The van der Waals surface area contributed by atoms with Crippen molar-refractivity contribution in [1.29, 1.82) is 0 Å². The molecule has 0 spiro atoms. The molecule has 1 aliphatic carbocycles. The molecule has 1 unspecified atom stereocenters. The molecule has 5 heteroatoms. The summed E-state index contributed by atoms with van der Waals surface area (Å²) < 4.78 is 5.25. The van der Waals surface area contributed by atoms with Crippen molar-refractivity contribution in [1.82, 2.24) is 0 Å². The highest BCUT2D eigenvalue weighted by molar-refractivity contribution is 9.10. The third-order valence-corrected chi connectivity index (χ3v) is 3.15. The predicted molar refractivity (Wildman–Crippen MR) is 59.1 cm³/mol. The van der Waals surface area contributed by atoms with E-state index in [4.69, 9.17) is 0 Å². The number of rotatable bonds is 1. The molecule has 0 radical (unpaired) electrons. The average molecular weight is 285 g/mol. The van der Waals surface area contributed by atoms with Crippen LogP contribution in [0.25, 0.3) is 0 Å². The number of aliphatic hydroxyl groups is 1. The number of fused-ring (bicyclic) bond motifs is 1. The van der Waals surface area contributed by atoms with Gasteiger partial charge >= 0.3 is 5.97 Å². The van der Waals surface area contributed by atoms with Gasteiger partial charge in [-0.15, -0.1) is 0 Å². The summed E-state index contributed by atoms with van der Waals surface area (Å²) in [5.41, 5.74) is -1.04. The van der Waals surface area contributed by atoms with Crippen molar-refractivity contribution in [2.24, 2.45) is 0 Å². The number of ketones is 1. The molecule has 84 valence electrons. The van der Waals surface area contributed by atoms with Crippen molar-refractivity contribution in [3.63, 3.8) is 0 Å². The van der Waals surface area contributed by atoms with Gasteiger partial charge in [0, 0.05) is 16.5 Å². The lowest BCUT2D eigenvalue weighted by Gasteiger charge is -2.16. The normalized spacial score (nSPS) is 23.1. The first-order valence-corrected chi connectivity index (χ1v) is 5.42. The van der Waals surface area contributed by atoms with Crippen molar-refractivity contribution in [3.8, 4) is 0 Å². The summed E-state index contributed by atoms with van der Waals surface area (Å²) in [6.45, 7) is 0. The summed E-state index contributed by atoms with van der Waals surface area (Å²) in [6, 6.07) is 5.00. The summed E-state index contributed by atoms with van der Waals surface area (Å²) in [7, 11) is 1.15. The van der Waals surface area contributed by atoms with E-state index in [2.05, 4.69) is 20.7 Å². The van der Waals surface area contributed by atoms with E-state index in [1.165, 1.54) is 0 Å². The number of benzene rings is 1. The molecular weight excluding hydrogens is 276 g/mol. The zero-order valence-corrected chi connectivity index (χ0v) is 10.1. The molecule has 0 bridgehead atoms. The minimum absolute atomic E-state index is 0.0344. The zero-order chi connectivity index (χ0) is 11.9. The van der Waals surface area contributed by atoms with Gasteiger partial charge in [0.25, 0.3) is 0 Å². The lowest BCUT2D eigenvalue weighted by Crippen LogP contribution is -2.45. The fourth-order valence-corrected chi connectivity index (χ4v) is 2.25. The summed E-state index contributed by atoms with van der Waals surface area (Å²) in [6.07, 6.45) is -0.0344. The maximum absolute atomic E-state index is 11.9. The van der Waals surface area contributed by atoms with Crippen LogP contribution in [0, 0.1) is 0 Å². The van der Waals surface area contributed by atoms with E-state index in [1.807, 2.05) is 0 Å². The van der Waals surface area contributed by atoms with E-state index in [9.17, 15) is 14.7 Å². The van der Waals surface area contributed by atoms with Crippen LogP contribution in [0.3, 0.4) is 0 Å². The molecule has 1 aromatic rings. The Kier molecular flexibility index (Phi) is 2.59. The van der Waals surface area contributed by atoms with E-state index in [0.717, 1.165) is 11.6 Å². The minimum Gasteiger partial charge on any atom is -0.467 e. The van der Waals surface area contributed by atoms with Gasteiger partial charge in [-0.2, -0.15) is 0 Å². The van der Waals surface area contributed by atoms with Crippen LogP contribution in [0.2, 0.25) is 0 Å². The van der Waals surface area contributed by atoms with E-state index in [1.54, 1.807) is 18.2 Å². The van der Waals surface area contributed by atoms with Gasteiger partial charge in [0.15, 0.2) is 0 Å². The van der Waals surface area contributed by atoms with Crippen molar-refractivity contribution >= 4 is 27.7 Å². The van der Waals surface area contributed by atoms with Gasteiger partial charge in [-0.05, 0) is 23.8 Å². The zero-order valence-electron chi connectivity index (χ0n) is 8.49. The number of esters is 1. The molecule has 1 N–H and O–H groups in total. The molecule has 1 aliphatic rings. The summed E-state index contributed by atoms with van der Waals surface area (Å²) >= 11 is 3.27. The molecule has 16 heavy (non-hydrogen) atoms. The number of carbonyl (C=O) groups is 2. The number of carbonyl (C=O) groups excluding carboxylic acids is 2. The molecule has 0 aliphatic heterocycles. The lowest BCUT2D eigenvalue weighted by atomic mass is 10.00. The highest BCUT2D eigenvalue weighted by Crippen LogP contribution is 2.32. The smallest absolute Gasteiger partial charge is 0.346 e. The predicted octanol–water partition coefficient (Wildman–Crippen LogP) is 1.09. The molecule has 0 saturated carbocycles. The monoisotopic (exact) mass is 284 g/mol. The second-order valence-electron chi connectivity index (χ2n) is 3.66. The molecule has 0 amide bonds. The molecule has 0 saturated heterocycles. The minimum atomic E-state index is -2.06. The molecule has 0 aromatic heterocycles. The average Bonchev–Trinajstić information content (AvgIpc) is 2.51. The van der Waals surface area contributed by atoms with Crippen molar-refractivity contribution < 1.29 is 19.4 Å². The first-order valence-electron chi connectivity index (χ1n) is 4.63. The van der Waals surface area contributed by atoms with Crippen LogP contribution in [0.1, 0.15) is 15.9 Å². The third kappa shape index (κ3) is 1.47. The summed E-state index contributed by atoms with van der Waals surface area (Å²) in [5.74, 6) is -1.51. The number of hydrogen-bond donors (Lipinski definition) is 1. The topological polar surface area (TPSA) is 63.6 Å². The quantitative estimate of drug-likeness (QED) is 0.619. The largest absolute Gasteiger partial charge is 0.467 e. The summed E-state index contributed by atoms with van der Waals surface area (Å²) in [4.78, 5) is 23.3. The first-order chi connectivity index (χ1) is 7.49. The molecule has 4 nitrogen and oxygen atoms in total. The van der Waals surface area contributed by atoms with Gasteiger partial charge in [0.2, 0.25) is 11.4 Å². The standard InChI is InChI=1S/C11H9BrO4/c1-16-10(14)11(15)5-6-4-7(12)2-3-8(6)9(11)13/h2-4,15H,5H2,1H3. The Morgan fingerprint density at radius 3 is 2.88 bits per heavy atom. The maximum Gasteiger partial charge on any atom is 0.346 e. The van der Waals surface area contributed by atoms with E-state index < -0.39 is 17.4 Å². The van der Waals surface area contributed by atoms with Crippen molar-refractivity contribution in [3.05, 3.63) is 33.8 Å². The van der Waals surface area contributed by atoms with Crippen LogP contribution < -0.4 is 0 Å². The number of hydrogen-bond acceptors (Lipinski definition) is 4. The van der Waals surface area contributed by atoms with Gasteiger partial charge in [-0.1, -0.05) is 15.9 Å². The Morgan fingerprint density at radius 1 is 1.56 bits per heavy atom. The number of ether oxygens (including phenoxy) is 1. The second kappa shape index (κ2) is 3.68. The van der Waals surface area contributed by atoms with Gasteiger partial charge in [0.05, 0.1) is 7.11 Å². The van der Waals surface area contributed by atoms with Crippen LogP contribution in [0.15, 0.2) is 22.7 Å². The molecule has 0 fully saturated rings. The van der Waals surface area contributed by atoms with Gasteiger partial charge in [-0.25, -0.2) is 4.79 Å². The molecule has 1 atom stereocenters. The molecular formula is C11H9BrO4. The fraction of sp³-hybridized carbons (Fsp3) is 0.273. The van der Waals surface area contributed by atoms with Crippen LogP contribution >= 0.6 is 15.9 Å². The molecule has 2 rings (SSSR count). The lowest BCUT2D eigenvalue weighted by molar-refractivity contribution is -0.156. The Bertz CT molecular complexity index is 483. The van der Waals surface area contributed by atoms with Crippen molar-refractivity contribution in [2.75, 3.05) is 7.11 Å². The highest BCUT2D eigenvalue weighted by atomic mass is 79.9. The molecule has 0 heterocycles. The Labute approximate surface area is 100 Å². The van der Waals surface area contributed by atoms with Crippen LogP contribution in [-0.2, 0) is 16.0 Å². The Balaban J connectivity index is 2.48. The van der Waals surface area contributed by atoms with Crippen LogP contribution in [0.4, 0.5) is 0 Å². The number of Topliss-reactive ketones (excluding diaryl/α,β-unsaturated/α-hetero) is 1. The fourth-order valence-electron chi connectivity index (χ4n) is 1.84. The van der Waals surface area contributed by atoms with E-state index in [-0.39, 0.29) is 6.42 Å². The van der Waals surface area contributed by atoms with E-state index in [0.29, 0.717) is 11.1 Å². The number of halogens is 1. The third-order valence-electron chi connectivity index (χ3n) is 2.66. The summed E-state index contributed by atoms with van der Waals surface area (Å²) in [5, 5.41) is 10.0. The van der Waals surface area contributed by atoms with Gasteiger partial charge in [0.1, 0.15) is 0 Å². The SMILES string of the molecule is COC(=O)C1(O)Cc2cc(Br)ccc2C1=O.